The molecule has 0 saturated carbocycles. The number of benzene rings is 8. The first kappa shape index (κ1) is 26.9. The molecule has 0 amide bonds. The molecule has 0 atom stereocenters. The molecule has 8 aromatic carbocycles. The van der Waals surface area contributed by atoms with Crippen molar-refractivity contribution in [1.82, 2.24) is 0 Å². The molecule has 212 valence electrons. The molecule has 8 rings (SSSR count). The van der Waals surface area contributed by atoms with Crippen molar-refractivity contribution in [3.8, 4) is 22.3 Å². The molecular formula is C45H32. The lowest BCUT2D eigenvalue weighted by Gasteiger charge is -2.14. The van der Waals surface area contributed by atoms with E-state index in [0.29, 0.717) is 0 Å². The van der Waals surface area contributed by atoms with Gasteiger partial charge in [0.05, 0.1) is 0 Å². The number of hydrogen-bond donors (Lipinski definition) is 0. The average molecular weight is 573 g/mol. The molecule has 0 aliphatic heterocycles. The minimum Gasteiger partial charge on any atom is -0.0717 e. The Bertz CT molecular complexity index is 2270. The maximum atomic E-state index is 2.38. The molecule has 0 radical (unpaired) electrons. The van der Waals surface area contributed by atoms with Crippen molar-refractivity contribution in [2.24, 2.45) is 0 Å². The van der Waals surface area contributed by atoms with Crippen LogP contribution in [0.15, 0.2) is 182 Å². The summed E-state index contributed by atoms with van der Waals surface area (Å²) < 4.78 is 0. The van der Waals surface area contributed by atoms with Gasteiger partial charge in [-0.05, 0) is 95.4 Å². The van der Waals surface area contributed by atoms with Crippen LogP contribution < -0.4 is 0 Å². The summed E-state index contributed by atoms with van der Waals surface area (Å²) in [6, 6.07) is 63.9. The van der Waals surface area contributed by atoms with Crippen molar-refractivity contribution in [3.63, 3.8) is 0 Å². The number of allylic oxidation sites excluding steroid dienone is 1. The van der Waals surface area contributed by atoms with Gasteiger partial charge in [0.15, 0.2) is 0 Å². The zero-order valence-corrected chi connectivity index (χ0v) is 25.0. The SMILES string of the molecule is C(/Cc1ccccc1)=C(\c1ccc(-c2ccccc2)cc1)c1cccc(-c2ccc3c4ccccc4c4ccccc4c3c2)c1. The molecule has 0 fully saturated rings. The van der Waals surface area contributed by atoms with Crippen LogP contribution in [0.5, 0.6) is 0 Å². The molecule has 8 aromatic rings. The van der Waals surface area contributed by atoms with Gasteiger partial charge in [-0.25, -0.2) is 0 Å². The molecule has 0 N–H and O–H groups in total. The van der Waals surface area contributed by atoms with E-state index >= 15 is 0 Å². The van der Waals surface area contributed by atoms with Gasteiger partial charge >= 0.3 is 0 Å². The van der Waals surface area contributed by atoms with Crippen LogP contribution in [-0.2, 0) is 6.42 Å². The van der Waals surface area contributed by atoms with Crippen molar-refractivity contribution in [2.75, 3.05) is 0 Å². The van der Waals surface area contributed by atoms with E-state index in [-0.39, 0.29) is 0 Å². The molecule has 0 aromatic heterocycles. The second kappa shape index (κ2) is 11.8. The summed E-state index contributed by atoms with van der Waals surface area (Å²) in [5, 5.41) is 7.80. The summed E-state index contributed by atoms with van der Waals surface area (Å²) >= 11 is 0. The number of rotatable bonds is 6. The molecule has 0 bridgehead atoms. The Hall–Kier alpha value is -5.72. The maximum Gasteiger partial charge on any atom is -0.00880 e. The Morgan fingerprint density at radius 1 is 0.333 bits per heavy atom. The van der Waals surface area contributed by atoms with E-state index in [0.717, 1.165) is 6.42 Å². The second-order valence-corrected chi connectivity index (χ2v) is 11.7. The van der Waals surface area contributed by atoms with Crippen LogP contribution in [0.1, 0.15) is 16.7 Å². The van der Waals surface area contributed by atoms with E-state index in [1.165, 1.54) is 76.8 Å². The second-order valence-electron chi connectivity index (χ2n) is 11.7. The first-order valence-corrected chi connectivity index (χ1v) is 15.7. The zero-order valence-electron chi connectivity index (χ0n) is 25.0. The topological polar surface area (TPSA) is 0 Å². The quantitative estimate of drug-likeness (QED) is 0.174. The van der Waals surface area contributed by atoms with Crippen LogP contribution in [0.3, 0.4) is 0 Å². The predicted molar refractivity (Wildman–Crippen MR) is 193 cm³/mol. The minimum absolute atomic E-state index is 0.871. The van der Waals surface area contributed by atoms with E-state index in [1.54, 1.807) is 0 Å². The molecule has 0 heterocycles. The van der Waals surface area contributed by atoms with Gasteiger partial charge in [0.2, 0.25) is 0 Å². The van der Waals surface area contributed by atoms with Gasteiger partial charge < -0.3 is 0 Å². The van der Waals surface area contributed by atoms with Crippen LogP contribution in [0.2, 0.25) is 0 Å². The molecule has 0 heteroatoms. The fourth-order valence-electron chi connectivity index (χ4n) is 6.66. The first-order valence-electron chi connectivity index (χ1n) is 15.7. The summed E-state index contributed by atoms with van der Waals surface area (Å²) in [6.45, 7) is 0. The maximum absolute atomic E-state index is 2.38. The summed E-state index contributed by atoms with van der Waals surface area (Å²) in [4.78, 5) is 0. The molecule has 0 saturated heterocycles. The van der Waals surface area contributed by atoms with E-state index in [4.69, 9.17) is 0 Å². The minimum atomic E-state index is 0.871. The molecule has 45 heavy (non-hydrogen) atoms. The number of hydrogen-bond acceptors (Lipinski definition) is 0. The van der Waals surface area contributed by atoms with Crippen molar-refractivity contribution in [1.29, 1.82) is 0 Å². The summed E-state index contributed by atoms with van der Waals surface area (Å²) in [7, 11) is 0. The highest BCUT2D eigenvalue weighted by atomic mass is 14.2. The van der Waals surface area contributed by atoms with Gasteiger partial charge in [-0.15, -0.1) is 0 Å². The highest BCUT2D eigenvalue weighted by Gasteiger charge is 2.12. The van der Waals surface area contributed by atoms with Gasteiger partial charge in [0.25, 0.3) is 0 Å². The van der Waals surface area contributed by atoms with Gasteiger partial charge in [-0.3, -0.25) is 0 Å². The Morgan fingerprint density at radius 2 is 0.822 bits per heavy atom. The first-order chi connectivity index (χ1) is 22.3. The van der Waals surface area contributed by atoms with E-state index < -0.39 is 0 Å². The zero-order chi connectivity index (χ0) is 30.0. The standard InChI is InChI=1S/C45H32/c1-3-12-32(13-4-1)22-28-39(35-25-23-34(24-26-35)33-14-5-2-6-15-33)38-17-11-16-36(30-38)37-27-29-44-42-20-8-7-18-40(42)41-19-9-10-21-43(41)45(44)31-37/h1-21,23-31H,22H2/b39-28-. The Morgan fingerprint density at radius 3 is 1.49 bits per heavy atom. The normalized spacial score (nSPS) is 11.8. The van der Waals surface area contributed by atoms with E-state index in [9.17, 15) is 0 Å². The van der Waals surface area contributed by atoms with E-state index in [1.807, 2.05) is 0 Å². The highest BCUT2D eigenvalue weighted by Crippen LogP contribution is 2.38. The fourth-order valence-corrected chi connectivity index (χ4v) is 6.66. The van der Waals surface area contributed by atoms with Crippen molar-refractivity contribution in [3.05, 3.63) is 199 Å². The largest absolute Gasteiger partial charge is 0.0717 e. The molecule has 0 aliphatic carbocycles. The van der Waals surface area contributed by atoms with Crippen LogP contribution in [0, 0.1) is 0 Å². The lowest BCUT2D eigenvalue weighted by Crippen LogP contribution is -1.92. The van der Waals surface area contributed by atoms with Crippen molar-refractivity contribution >= 4 is 37.9 Å². The molecule has 0 spiro atoms. The molecule has 0 aliphatic rings. The third kappa shape index (κ3) is 5.22. The van der Waals surface area contributed by atoms with Crippen LogP contribution in [-0.4, -0.2) is 0 Å². The lowest BCUT2D eigenvalue weighted by molar-refractivity contribution is 1.27. The van der Waals surface area contributed by atoms with Crippen molar-refractivity contribution in [2.45, 2.75) is 6.42 Å². The lowest BCUT2D eigenvalue weighted by atomic mass is 9.90. The summed E-state index contributed by atoms with van der Waals surface area (Å²) in [6.07, 6.45) is 3.25. The van der Waals surface area contributed by atoms with Crippen LogP contribution in [0.25, 0.3) is 60.1 Å². The summed E-state index contributed by atoms with van der Waals surface area (Å²) in [5.41, 5.74) is 9.91. The monoisotopic (exact) mass is 572 g/mol. The van der Waals surface area contributed by atoms with E-state index in [2.05, 4.69) is 182 Å². The molecule has 0 nitrogen and oxygen atoms in total. The Kier molecular flexibility index (Phi) is 7.02. The Labute approximate surface area is 264 Å². The highest BCUT2D eigenvalue weighted by molar-refractivity contribution is 6.25. The van der Waals surface area contributed by atoms with Crippen LogP contribution >= 0.6 is 0 Å². The fraction of sp³-hybridized carbons (Fsp3) is 0.0222. The predicted octanol–water partition coefficient (Wildman–Crippen LogP) is 12.2. The molecule has 0 unspecified atom stereocenters. The van der Waals surface area contributed by atoms with Gasteiger partial charge in [-0.1, -0.05) is 170 Å². The molecular weight excluding hydrogens is 540 g/mol. The van der Waals surface area contributed by atoms with Crippen LogP contribution in [0.4, 0.5) is 0 Å². The summed E-state index contributed by atoms with van der Waals surface area (Å²) in [5.74, 6) is 0. The van der Waals surface area contributed by atoms with Gasteiger partial charge in [0.1, 0.15) is 0 Å². The van der Waals surface area contributed by atoms with Gasteiger partial charge in [-0.2, -0.15) is 0 Å². The smallest absolute Gasteiger partial charge is 0.00880 e. The Balaban J connectivity index is 1.24. The third-order valence-electron chi connectivity index (χ3n) is 8.94. The van der Waals surface area contributed by atoms with Crippen molar-refractivity contribution < 1.29 is 0 Å². The van der Waals surface area contributed by atoms with Gasteiger partial charge in [0, 0.05) is 0 Å². The number of fused-ring (bicyclic) bond motifs is 6. The average Bonchev–Trinajstić information content (AvgIpc) is 3.13. The third-order valence-corrected chi connectivity index (χ3v) is 8.94.